The summed E-state index contributed by atoms with van der Waals surface area (Å²) in [6.07, 6.45) is 2.83. The molecule has 0 aliphatic carbocycles. The van der Waals surface area contributed by atoms with Gasteiger partial charge in [0.15, 0.2) is 11.5 Å². The van der Waals surface area contributed by atoms with Gasteiger partial charge in [-0.05, 0) is 29.8 Å². The number of aromatic nitrogens is 2. The quantitative estimate of drug-likeness (QED) is 0.715. The van der Waals surface area contributed by atoms with E-state index in [-0.39, 0.29) is 6.79 Å². The van der Waals surface area contributed by atoms with Crippen molar-refractivity contribution in [3.05, 3.63) is 65.5 Å². The lowest BCUT2D eigenvalue weighted by molar-refractivity contribution is 0.174. The summed E-state index contributed by atoms with van der Waals surface area (Å²) in [5, 5.41) is 3.26. The van der Waals surface area contributed by atoms with Crippen molar-refractivity contribution in [1.29, 1.82) is 0 Å². The van der Waals surface area contributed by atoms with Crippen LogP contribution in [0, 0.1) is 0 Å². The van der Waals surface area contributed by atoms with Crippen LogP contribution in [-0.4, -0.2) is 35.3 Å². The molecule has 7 nitrogen and oxygen atoms in total. The van der Waals surface area contributed by atoms with Gasteiger partial charge in [-0.1, -0.05) is 12.1 Å². The Bertz CT molecular complexity index is 1040. The molecule has 148 valence electrons. The van der Waals surface area contributed by atoms with Gasteiger partial charge in [-0.15, -0.1) is 0 Å². The third kappa shape index (κ3) is 3.82. The predicted octanol–water partition coefficient (Wildman–Crippen LogP) is 3.52. The van der Waals surface area contributed by atoms with Crippen LogP contribution in [-0.2, 0) is 19.5 Å². The average molecular weight is 390 g/mol. The Balaban J connectivity index is 1.27. The lowest BCUT2D eigenvalue weighted by atomic mass is 10.1. The van der Waals surface area contributed by atoms with Crippen molar-refractivity contribution in [3.8, 4) is 17.2 Å². The van der Waals surface area contributed by atoms with Crippen LogP contribution in [0.15, 0.2) is 48.7 Å². The molecule has 5 rings (SSSR count). The van der Waals surface area contributed by atoms with Crippen LogP contribution in [0.2, 0.25) is 0 Å². The number of nitrogens with zero attached hydrogens (tertiary/aromatic N) is 3. The van der Waals surface area contributed by atoms with Crippen molar-refractivity contribution in [2.45, 2.75) is 19.5 Å². The van der Waals surface area contributed by atoms with Gasteiger partial charge in [0.2, 0.25) is 12.7 Å². The molecular formula is C22H22N4O3. The molecule has 2 aliphatic heterocycles. The molecule has 0 spiro atoms. The number of rotatable bonds is 5. The van der Waals surface area contributed by atoms with Gasteiger partial charge in [-0.3, -0.25) is 4.90 Å². The first-order valence-corrected chi connectivity index (χ1v) is 9.63. The number of fused-ring (bicyclic) bond motifs is 2. The van der Waals surface area contributed by atoms with E-state index in [1.807, 2.05) is 36.5 Å². The molecular weight excluding hydrogens is 368 g/mol. The van der Waals surface area contributed by atoms with Crippen LogP contribution >= 0.6 is 0 Å². The average Bonchev–Trinajstić information content (AvgIpc) is 3.22. The van der Waals surface area contributed by atoms with Gasteiger partial charge in [-0.25, -0.2) is 9.97 Å². The molecule has 0 saturated carbocycles. The van der Waals surface area contributed by atoms with Crippen molar-refractivity contribution >= 4 is 11.6 Å². The van der Waals surface area contributed by atoms with Gasteiger partial charge < -0.3 is 19.5 Å². The Kier molecular flexibility index (Phi) is 4.65. The lowest BCUT2D eigenvalue weighted by Gasteiger charge is -2.28. The van der Waals surface area contributed by atoms with Crippen molar-refractivity contribution in [1.82, 2.24) is 14.9 Å². The molecule has 29 heavy (non-hydrogen) atoms. The minimum Gasteiger partial charge on any atom is -0.497 e. The second-order valence-corrected chi connectivity index (χ2v) is 7.17. The largest absolute Gasteiger partial charge is 0.497 e. The van der Waals surface area contributed by atoms with Crippen molar-refractivity contribution in [2.75, 3.05) is 25.8 Å². The Morgan fingerprint density at radius 1 is 1.14 bits per heavy atom. The van der Waals surface area contributed by atoms with E-state index >= 15 is 0 Å². The Hall–Kier alpha value is -3.32. The minimum absolute atomic E-state index is 0.264. The van der Waals surface area contributed by atoms with Crippen LogP contribution in [0.5, 0.6) is 17.2 Å². The van der Waals surface area contributed by atoms with Crippen molar-refractivity contribution in [2.24, 2.45) is 0 Å². The van der Waals surface area contributed by atoms with E-state index in [2.05, 4.69) is 27.3 Å². The first-order chi connectivity index (χ1) is 14.3. The van der Waals surface area contributed by atoms with Crippen LogP contribution in [0.4, 0.5) is 11.6 Å². The number of hydrogen-bond acceptors (Lipinski definition) is 7. The van der Waals surface area contributed by atoms with Crippen LogP contribution in [0.1, 0.15) is 16.8 Å². The van der Waals surface area contributed by atoms with E-state index < -0.39 is 0 Å². The first kappa shape index (κ1) is 17.8. The summed E-state index contributed by atoms with van der Waals surface area (Å²) in [6.45, 7) is 2.95. The molecule has 3 heterocycles. The molecule has 0 unspecified atom stereocenters. The zero-order chi connectivity index (χ0) is 19.6. The fourth-order valence-corrected chi connectivity index (χ4v) is 3.70. The Morgan fingerprint density at radius 3 is 3.00 bits per heavy atom. The van der Waals surface area contributed by atoms with Gasteiger partial charge in [0.05, 0.1) is 12.8 Å². The Morgan fingerprint density at radius 2 is 2.07 bits per heavy atom. The third-order valence-electron chi connectivity index (χ3n) is 5.18. The minimum atomic E-state index is 0.264. The molecule has 1 N–H and O–H groups in total. The van der Waals surface area contributed by atoms with E-state index in [4.69, 9.17) is 19.2 Å². The summed E-state index contributed by atoms with van der Waals surface area (Å²) >= 11 is 0. The highest BCUT2D eigenvalue weighted by atomic mass is 16.7. The number of benzene rings is 2. The highest BCUT2D eigenvalue weighted by molar-refractivity contribution is 5.60. The van der Waals surface area contributed by atoms with Crippen molar-refractivity contribution in [3.63, 3.8) is 0 Å². The fraction of sp³-hybridized carbons (Fsp3) is 0.273. The maximum absolute atomic E-state index is 5.43. The van der Waals surface area contributed by atoms with Gasteiger partial charge >= 0.3 is 0 Å². The summed E-state index contributed by atoms with van der Waals surface area (Å²) in [4.78, 5) is 11.6. The third-order valence-corrected chi connectivity index (χ3v) is 5.18. The van der Waals surface area contributed by atoms with E-state index in [1.54, 1.807) is 7.11 Å². The maximum atomic E-state index is 5.43. The molecule has 0 saturated heterocycles. The summed E-state index contributed by atoms with van der Waals surface area (Å²) in [7, 11) is 1.70. The normalized spacial score (nSPS) is 15.1. The number of nitrogens with one attached hydrogen (secondary N) is 1. The highest BCUT2D eigenvalue weighted by Gasteiger charge is 2.19. The molecule has 0 atom stereocenters. The molecule has 0 amide bonds. The van der Waals surface area contributed by atoms with Crippen molar-refractivity contribution < 1.29 is 14.2 Å². The van der Waals surface area contributed by atoms with Gasteiger partial charge in [-0.2, -0.15) is 0 Å². The lowest BCUT2D eigenvalue weighted by Crippen LogP contribution is -2.31. The summed E-state index contributed by atoms with van der Waals surface area (Å²) in [5.41, 5.74) is 4.40. The number of hydrogen-bond donors (Lipinski definition) is 1. The molecule has 3 aromatic rings. The van der Waals surface area contributed by atoms with Gasteiger partial charge in [0.25, 0.3) is 0 Å². The number of anilines is 2. The molecule has 2 aliphatic rings. The smallest absolute Gasteiger partial charge is 0.231 e. The van der Waals surface area contributed by atoms with Gasteiger partial charge in [0, 0.05) is 49.6 Å². The summed E-state index contributed by atoms with van der Waals surface area (Å²) in [6, 6.07) is 13.9. The standard InChI is InChI=1S/C22H22N4O3/c1-27-18-4-2-3-15(9-18)12-26-8-7-19-16(13-26)11-23-22(25-19)24-17-5-6-20-21(10-17)29-14-28-20/h2-6,9-11H,7-8,12-14H2,1H3,(H,23,24,25). The molecule has 7 heteroatoms. The Labute approximate surface area is 169 Å². The SMILES string of the molecule is COc1cccc(CN2CCc3nc(Nc4ccc5c(c4)OCO5)ncc3C2)c1. The topological polar surface area (TPSA) is 68.7 Å². The fourth-order valence-electron chi connectivity index (χ4n) is 3.70. The molecule has 0 fully saturated rings. The predicted molar refractivity (Wildman–Crippen MR) is 109 cm³/mol. The van der Waals surface area contributed by atoms with Crippen LogP contribution in [0.3, 0.4) is 0 Å². The summed E-state index contributed by atoms with van der Waals surface area (Å²) in [5.74, 6) is 2.99. The van der Waals surface area contributed by atoms with Gasteiger partial charge in [0.1, 0.15) is 5.75 Å². The summed E-state index contributed by atoms with van der Waals surface area (Å²) < 4.78 is 16.1. The second-order valence-electron chi connectivity index (χ2n) is 7.17. The molecule has 1 aromatic heterocycles. The van der Waals surface area contributed by atoms with E-state index in [0.717, 1.165) is 54.7 Å². The zero-order valence-corrected chi connectivity index (χ0v) is 16.2. The van der Waals surface area contributed by atoms with E-state index in [1.165, 1.54) is 11.1 Å². The van der Waals surface area contributed by atoms with Crippen LogP contribution in [0.25, 0.3) is 0 Å². The maximum Gasteiger partial charge on any atom is 0.231 e. The monoisotopic (exact) mass is 390 g/mol. The first-order valence-electron chi connectivity index (χ1n) is 9.63. The second kappa shape index (κ2) is 7.60. The zero-order valence-electron chi connectivity index (χ0n) is 16.2. The molecule has 0 bridgehead atoms. The molecule has 2 aromatic carbocycles. The number of ether oxygens (including phenoxy) is 3. The van der Waals surface area contributed by atoms with E-state index in [0.29, 0.717) is 5.95 Å². The molecule has 0 radical (unpaired) electrons. The number of methoxy groups -OCH3 is 1. The highest BCUT2D eigenvalue weighted by Crippen LogP contribution is 2.35. The van der Waals surface area contributed by atoms with Crippen LogP contribution < -0.4 is 19.5 Å². The van der Waals surface area contributed by atoms with E-state index in [9.17, 15) is 0 Å².